The third-order valence-electron chi connectivity index (χ3n) is 13.5. The topological polar surface area (TPSA) is 103 Å². The van der Waals surface area contributed by atoms with Crippen molar-refractivity contribution in [3.63, 3.8) is 0 Å². The molecule has 6 nitrogen and oxygen atoms in total. The molecule has 208 valence electrons. The van der Waals surface area contributed by atoms with Crippen LogP contribution in [0.1, 0.15) is 122 Å². The molecule has 0 amide bonds. The molecule has 3 fully saturated rings. The molecular formula is C32H46N2O4. The number of carbonyl (C=O) groups is 2. The number of fused-ring (bicyclic) bond motifs is 8. The second-order valence-corrected chi connectivity index (χ2v) is 15.8. The molecule has 6 heteroatoms. The highest BCUT2D eigenvalue weighted by Crippen LogP contribution is 2.75. The van der Waals surface area contributed by atoms with Gasteiger partial charge in [0, 0.05) is 16.7 Å². The van der Waals surface area contributed by atoms with E-state index in [9.17, 15) is 19.8 Å². The Balaban J connectivity index is 1.48. The van der Waals surface area contributed by atoms with Gasteiger partial charge in [-0.05, 0) is 97.2 Å². The molecule has 0 aromatic carbocycles. The summed E-state index contributed by atoms with van der Waals surface area (Å²) in [5.41, 5.74) is 2.80. The van der Waals surface area contributed by atoms with Gasteiger partial charge < -0.3 is 10.2 Å². The minimum Gasteiger partial charge on any atom is -0.481 e. The molecule has 7 atom stereocenters. The predicted molar refractivity (Wildman–Crippen MR) is 146 cm³/mol. The minimum atomic E-state index is -0.950. The normalized spacial score (nSPS) is 44.4. The summed E-state index contributed by atoms with van der Waals surface area (Å²) in [6.45, 7) is 16.6. The van der Waals surface area contributed by atoms with Crippen molar-refractivity contribution < 1.29 is 19.8 Å². The van der Waals surface area contributed by atoms with Crippen molar-refractivity contribution in [1.82, 2.24) is 10.2 Å². The first-order valence-electron chi connectivity index (χ1n) is 14.8. The number of carboxylic acids is 2. The number of aromatic amines is 1. The third-order valence-corrected chi connectivity index (χ3v) is 13.5. The number of nitrogens with zero attached hydrogens (tertiary/aromatic N) is 1. The summed E-state index contributed by atoms with van der Waals surface area (Å²) >= 11 is 0. The first kappa shape index (κ1) is 26.1. The second-order valence-electron chi connectivity index (χ2n) is 15.8. The van der Waals surface area contributed by atoms with Gasteiger partial charge in [0.05, 0.1) is 5.41 Å². The van der Waals surface area contributed by atoms with Crippen LogP contribution >= 0.6 is 0 Å². The Labute approximate surface area is 227 Å². The number of allylic oxidation sites excluding steroid dienone is 2. The van der Waals surface area contributed by atoms with E-state index in [0.29, 0.717) is 11.8 Å². The Morgan fingerprint density at radius 3 is 2.29 bits per heavy atom. The summed E-state index contributed by atoms with van der Waals surface area (Å²) in [5, 5.41) is 27.9. The fourth-order valence-corrected chi connectivity index (χ4v) is 11.2. The van der Waals surface area contributed by atoms with Gasteiger partial charge >= 0.3 is 11.9 Å². The van der Waals surface area contributed by atoms with E-state index in [1.54, 1.807) is 0 Å². The lowest BCUT2D eigenvalue weighted by atomic mass is 9.33. The number of rotatable bonds is 2. The summed E-state index contributed by atoms with van der Waals surface area (Å²) in [4.78, 5) is 25.0. The smallest absolute Gasteiger partial charge is 0.356 e. The zero-order valence-electron chi connectivity index (χ0n) is 24.3. The van der Waals surface area contributed by atoms with Crippen molar-refractivity contribution in [3.05, 3.63) is 28.6 Å². The predicted octanol–water partition coefficient (Wildman–Crippen LogP) is 7.01. The molecule has 3 saturated carbocycles. The molecule has 1 aromatic rings. The standard InChI is InChI=1S/C32H46N2O4/c1-27(2)12-14-32(26(37)38)15-13-30(6)19(20(32)17-27)8-9-22-29(5)16-18-23(25(35)36)33-34-24(18)28(3,4)21(29)10-11-31(22,30)7/h8,20-22H,9-17H2,1-7H3,(H,33,34)(H,35,36)(H,37,38)/t20-,21-,22+,29-,30+,31+,32-/m0/s1. The van der Waals surface area contributed by atoms with Gasteiger partial charge in [-0.2, -0.15) is 5.10 Å². The maximum atomic E-state index is 12.9. The molecule has 1 aromatic heterocycles. The van der Waals surface area contributed by atoms with Gasteiger partial charge in [-0.1, -0.05) is 60.1 Å². The lowest BCUT2D eigenvalue weighted by Gasteiger charge is -2.70. The summed E-state index contributed by atoms with van der Waals surface area (Å²) in [6, 6.07) is 0. The van der Waals surface area contributed by atoms with Crippen LogP contribution in [0.3, 0.4) is 0 Å². The number of carboxylic acid groups (broad SMARTS) is 2. The van der Waals surface area contributed by atoms with E-state index < -0.39 is 17.4 Å². The van der Waals surface area contributed by atoms with Gasteiger partial charge in [0.15, 0.2) is 5.69 Å². The van der Waals surface area contributed by atoms with E-state index in [-0.39, 0.29) is 38.7 Å². The second kappa shape index (κ2) is 7.54. The maximum Gasteiger partial charge on any atom is 0.356 e. The van der Waals surface area contributed by atoms with Crippen molar-refractivity contribution in [3.8, 4) is 0 Å². The Morgan fingerprint density at radius 1 is 0.947 bits per heavy atom. The monoisotopic (exact) mass is 522 g/mol. The highest BCUT2D eigenvalue weighted by atomic mass is 16.4. The number of nitrogens with one attached hydrogen (secondary N) is 1. The van der Waals surface area contributed by atoms with Crippen molar-refractivity contribution in [2.75, 3.05) is 0 Å². The van der Waals surface area contributed by atoms with Gasteiger partial charge in [-0.3, -0.25) is 9.89 Å². The van der Waals surface area contributed by atoms with Crippen molar-refractivity contribution >= 4 is 11.9 Å². The van der Waals surface area contributed by atoms with Gasteiger partial charge in [0.1, 0.15) is 0 Å². The Kier molecular flexibility index (Phi) is 5.19. The quantitative estimate of drug-likeness (QED) is 0.363. The molecule has 0 saturated heterocycles. The van der Waals surface area contributed by atoms with E-state index in [1.807, 2.05) is 0 Å². The van der Waals surface area contributed by atoms with Crippen LogP contribution in [-0.4, -0.2) is 32.3 Å². The third kappa shape index (κ3) is 2.98. The lowest BCUT2D eigenvalue weighted by Crippen LogP contribution is -2.64. The van der Waals surface area contributed by atoms with Crippen molar-refractivity contribution in [2.24, 2.45) is 44.8 Å². The average Bonchev–Trinajstić information content (AvgIpc) is 3.23. The van der Waals surface area contributed by atoms with Gasteiger partial charge in [-0.25, -0.2) is 4.79 Å². The molecule has 0 aliphatic heterocycles. The van der Waals surface area contributed by atoms with Crippen molar-refractivity contribution in [2.45, 2.75) is 112 Å². The molecule has 5 aliphatic rings. The van der Waals surface area contributed by atoms with Crippen LogP contribution in [0.4, 0.5) is 0 Å². The summed E-state index contributed by atoms with van der Waals surface area (Å²) < 4.78 is 0. The first-order valence-corrected chi connectivity index (χ1v) is 14.8. The molecule has 0 unspecified atom stereocenters. The van der Waals surface area contributed by atoms with Crippen LogP contribution in [0.5, 0.6) is 0 Å². The summed E-state index contributed by atoms with van der Waals surface area (Å²) in [6.07, 6.45) is 10.8. The highest BCUT2D eigenvalue weighted by Gasteiger charge is 2.69. The van der Waals surface area contributed by atoms with Crippen LogP contribution in [0.15, 0.2) is 11.6 Å². The molecule has 6 rings (SSSR count). The number of H-pyrrole nitrogens is 1. The molecule has 3 N–H and O–H groups in total. The average molecular weight is 523 g/mol. The van der Waals surface area contributed by atoms with Crippen LogP contribution in [0, 0.1) is 44.8 Å². The molecule has 0 spiro atoms. The Morgan fingerprint density at radius 2 is 1.63 bits per heavy atom. The van der Waals surface area contributed by atoms with Gasteiger partial charge in [0.2, 0.25) is 0 Å². The van der Waals surface area contributed by atoms with Crippen LogP contribution < -0.4 is 0 Å². The fourth-order valence-electron chi connectivity index (χ4n) is 11.2. The van der Waals surface area contributed by atoms with Gasteiger partial charge in [0.25, 0.3) is 0 Å². The number of aromatic carboxylic acids is 1. The Hall–Kier alpha value is -2.11. The molecule has 1 heterocycles. The number of hydrogen-bond acceptors (Lipinski definition) is 3. The number of aromatic nitrogens is 2. The first-order chi connectivity index (χ1) is 17.5. The zero-order chi connectivity index (χ0) is 27.7. The molecule has 5 aliphatic carbocycles. The largest absolute Gasteiger partial charge is 0.481 e. The summed E-state index contributed by atoms with van der Waals surface area (Å²) in [7, 11) is 0. The molecule has 0 radical (unpaired) electrons. The molecule has 38 heavy (non-hydrogen) atoms. The lowest BCUT2D eigenvalue weighted by molar-refractivity contribution is -0.177. The van der Waals surface area contributed by atoms with Gasteiger partial charge in [-0.15, -0.1) is 0 Å². The Bertz CT molecular complexity index is 1260. The fraction of sp³-hybridized carbons (Fsp3) is 0.781. The van der Waals surface area contributed by atoms with Crippen LogP contribution in [0.2, 0.25) is 0 Å². The maximum absolute atomic E-state index is 12.9. The number of aliphatic carboxylic acids is 1. The van der Waals surface area contributed by atoms with Crippen LogP contribution in [-0.2, 0) is 16.6 Å². The summed E-state index contributed by atoms with van der Waals surface area (Å²) in [5.74, 6) is -0.606. The van der Waals surface area contributed by atoms with Crippen LogP contribution in [0.25, 0.3) is 0 Å². The number of hydrogen-bond donors (Lipinski definition) is 3. The van der Waals surface area contributed by atoms with E-state index in [0.717, 1.165) is 69.0 Å². The van der Waals surface area contributed by atoms with E-state index in [4.69, 9.17) is 0 Å². The van der Waals surface area contributed by atoms with E-state index in [2.05, 4.69) is 64.7 Å². The molecule has 0 bridgehead atoms. The zero-order valence-corrected chi connectivity index (χ0v) is 24.3. The van der Waals surface area contributed by atoms with E-state index >= 15 is 0 Å². The minimum absolute atomic E-state index is 0.0370. The highest BCUT2D eigenvalue weighted by molar-refractivity contribution is 5.87. The van der Waals surface area contributed by atoms with E-state index in [1.165, 1.54) is 5.57 Å². The van der Waals surface area contributed by atoms with Crippen molar-refractivity contribution in [1.29, 1.82) is 0 Å². The molecular weight excluding hydrogens is 476 g/mol. The SMILES string of the molecule is CC1(C)CC[C@]2(C(=O)O)CC[C@]3(C)C(=CC[C@@H]4[C@@]5(C)Cc6c(C(=O)O)n[nH]c6C(C)(C)[C@@H]5CC[C@]43C)[C@@H]2C1.